The van der Waals surface area contributed by atoms with Crippen molar-refractivity contribution in [1.82, 2.24) is 5.06 Å². The molecule has 0 saturated carbocycles. The van der Waals surface area contributed by atoms with Crippen molar-refractivity contribution in [3.05, 3.63) is 54.7 Å². The topological polar surface area (TPSA) is 12.5 Å². The van der Waals surface area contributed by atoms with E-state index in [4.69, 9.17) is 4.84 Å². The highest BCUT2D eigenvalue weighted by Gasteiger charge is 2.06. The molecule has 16 heavy (non-hydrogen) atoms. The quantitative estimate of drug-likeness (QED) is 0.755. The number of rotatable bonds is 2. The minimum atomic E-state index is 0.894. The second-order valence-corrected chi connectivity index (χ2v) is 3.91. The van der Waals surface area contributed by atoms with Gasteiger partial charge in [-0.2, -0.15) is 0 Å². The van der Waals surface area contributed by atoms with Crippen molar-refractivity contribution in [2.24, 2.45) is 0 Å². The first-order chi connectivity index (χ1) is 7.92. The Morgan fingerprint density at radius 3 is 2.69 bits per heavy atom. The van der Waals surface area contributed by atoms with Gasteiger partial charge in [-0.05, 0) is 29.3 Å². The number of hydrogen-bond donors (Lipinski definition) is 0. The van der Waals surface area contributed by atoms with Crippen LogP contribution in [0.2, 0.25) is 0 Å². The van der Waals surface area contributed by atoms with Crippen molar-refractivity contribution in [2.75, 3.05) is 6.54 Å². The summed E-state index contributed by atoms with van der Waals surface area (Å²) in [4.78, 5) is 5.73. The molecule has 0 unspecified atom stereocenters. The van der Waals surface area contributed by atoms with Gasteiger partial charge in [-0.1, -0.05) is 36.4 Å². The van der Waals surface area contributed by atoms with E-state index in [-0.39, 0.29) is 0 Å². The van der Waals surface area contributed by atoms with Gasteiger partial charge in [0.2, 0.25) is 0 Å². The van der Waals surface area contributed by atoms with Crippen LogP contribution < -0.4 is 4.84 Å². The Labute approximate surface area is 94.7 Å². The summed E-state index contributed by atoms with van der Waals surface area (Å²) in [5.41, 5.74) is 0. The van der Waals surface area contributed by atoms with Crippen molar-refractivity contribution in [3.8, 4) is 5.75 Å². The van der Waals surface area contributed by atoms with E-state index in [1.807, 2.05) is 29.5 Å². The first-order valence-corrected chi connectivity index (χ1v) is 5.52. The zero-order valence-corrected chi connectivity index (χ0v) is 8.97. The van der Waals surface area contributed by atoms with Crippen molar-refractivity contribution in [1.29, 1.82) is 0 Å². The third kappa shape index (κ3) is 1.74. The molecule has 2 heteroatoms. The highest BCUT2D eigenvalue weighted by Crippen LogP contribution is 2.22. The lowest BCUT2D eigenvalue weighted by atomic mass is 10.1. The third-order valence-electron chi connectivity index (χ3n) is 2.73. The molecule has 3 rings (SSSR count). The van der Waals surface area contributed by atoms with Crippen LogP contribution in [0.5, 0.6) is 5.75 Å². The van der Waals surface area contributed by atoms with Crippen LogP contribution in [0.15, 0.2) is 54.7 Å². The van der Waals surface area contributed by atoms with Crippen LogP contribution in [0.3, 0.4) is 0 Å². The fourth-order valence-electron chi connectivity index (χ4n) is 1.90. The molecule has 0 N–H and O–H groups in total. The molecule has 0 atom stereocenters. The van der Waals surface area contributed by atoms with Gasteiger partial charge in [-0.3, -0.25) is 0 Å². The Morgan fingerprint density at radius 2 is 1.88 bits per heavy atom. The molecular formula is C14H13NO. The van der Waals surface area contributed by atoms with Crippen LogP contribution in [0.1, 0.15) is 6.42 Å². The summed E-state index contributed by atoms with van der Waals surface area (Å²) in [5, 5.41) is 4.32. The van der Waals surface area contributed by atoms with Gasteiger partial charge in [0.05, 0.1) is 6.54 Å². The molecule has 0 aromatic heterocycles. The maximum absolute atomic E-state index is 5.73. The summed E-state index contributed by atoms with van der Waals surface area (Å²) >= 11 is 0. The molecule has 0 radical (unpaired) electrons. The summed E-state index contributed by atoms with van der Waals surface area (Å²) in [6.45, 7) is 0.937. The van der Waals surface area contributed by atoms with Crippen LogP contribution >= 0.6 is 0 Å². The monoisotopic (exact) mass is 211 g/mol. The first kappa shape index (κ1) is 9.28. The smallest absolute Gasteiger partial charge is 0.155 e. The van der Waals surface area contributed by atoms with Gasteiger partial charge in [0.15, 0.2) is 5.75 Å². The standard InChI is InChI=1S/C14H13NO/c1-2-6-13-11-14(8-7-12(13)5-1)16-15-9-3-4-10-15/h1-3,5-9,11H,4,10H2. The fourth-order valence-corrected chi connectivity index (χ4v) is 1.90. The van der Waals surface area contributed by atoms with Crippen molar-refractivity contribution < 1.29 is 4.84 Å². The zero-order chi connectivity index (χ0) is 10.8. The Bertz CT molecular complexity index is 533. The Morgan fingerprint density at radius 1 is 1.00 bits per heavy atom. The van der Waals surface area contributed by atoms with Crippen molar-refractivity contribution >= 4 is 10.8 Å². The summed E-state index contributed by atoms with van der Waals surface area (Å²) in [5.74, 6) is 0.894. The number of nitrogens with zero attached hydrogens (tertiary/aromatic N) is 1. The fraction of sp³-hybridized carbons (Fsp3) is 0.143. The van der Waals surface area contributed by atoms with E-state index in [2.05, 4.69) is 30.3 Å². The van der Waals surface area contributed by atoms with Gasteiger partial charge < -0.3 is 4.84 Å². The van der Waals surface area contributed by atoms with E-state index in [9.17, 15) is 0 Å². The number of hydroxylamine groups is 2. The molecule has 0 amide bonds. The number of hydrogen-bond acceptors (Lipinski definition) is 2. The molecule has 2 aromatic rings. The van der Waals surface area contributed by atoms with Crippen molar-refractivity contribution in [2.45, 2.75) is 6.42 Å². The van der Waals surface area contributed by atoms with Crippen LogP contribution in [0.25, 0.3) is 10.8 Å². The minimum absolute atomic E-state index is 0.894. The lowest BCUT2D eigenvalue weighted by Crippen LogP contribution is -2.18. The predicted molar refractivity (Wildman–Crippen MR) is 65.0 cm³/mol. The molecule has 0 fully saturated rings. The third-order valence-corrected chi connectivity index (χ3v) is 2.73. The largest absolute Gasteiger partial charge is 0.380 e. The number of benzene rings is 2. The first-order valence-electron chi connectivity index (χ1n) is 5.52. The second-order valence-electron chi connectivity index (χ2n) is 3.91. The Kier molecular flexibility index (Phi) is 2.26. The number of fused-ring (bicyclic) bond motifs is 1. The average molecular weight is 211 g/mol. The molecule has 1 heterocycles. The lowest BCUT2D eigenvalue weighted by Gasteiger charge is -2.16. The average Bonchev–Trinajstić information content (AvgIpc) is 2.82. The molecule has 80 valence electrons. The van der Waals surface area contributed by atoms with Crippen LogP contribution in [0.4, 0.5) is 0 Å². The van der Waals surface area contributed by atoms with Gasteiger partial charge >= 0.3 is 0 Å². The van der Waals surface area contributed by atoms with E-state index in [0.29, 0.717) is 0 Å². The SMILES string of the molecule is C1=CN(Oc2ccc3ccccc3c2)CC1. The molecular weight excluding hydrogens is 198 g/mol. The highest BCUT2D eigenvalue weighted by molar-refractivity contribution is 5.83. The normalized spacial score (nSPS) is 14.6. The molecule has 1 aliphatic heterocycles. The van der Waals surface area contributed by atoms with Gasteiger partial charge in [0.1, 0.15) is 0 Å². The molecule has 0 bridgehead atoms. The Balaban J connectivity index is 1.89. The summed E-state index contributed by atoms with van der Waals surface area (Å²) in [7, 11) is 0. The molecule has 2 aromatic carbocycles. The van der Waals surface area contributed by atoms with E-state index in [0.717, 1.165) is 18.7 Å². The van der Waals surface area contributed by atoms with E-state index >= 15 is 0 Å². The summed E-state index contributed by atoms with van der Waals surface area (Å²) < 4.78 is 0. The zero-order valence-electron chi connectivity index (χ0n) is 8.97. The highest BCUT2D eigenvalue weighted by atomic mass is 16.7. The minimum Gasteiger partial charge on any atom is -0.380 e. The predicted octanol–water partition coefficient (Wildman–Crippen LogP) is 3.35. The molecule has 0 aliphatic carbocycles. The van der Waals surface area contributed by atoms with Gasteiger partial charge in [0, 0.05) is 6.20 Å². The second kappa shape index (κ2) is 3.89. The van der Waals surface area contributed by atoms with Gasteiger partial charge in [-0.25, -0.2) is 5.06 Å². The maximum Gasteiger partial charge on any atom is 0.155 e. The van der Waals surface area contributed by atoms with E-state index in [1.54, 1.807) is 0 Å². The molecule has 0 saturated heterocycles. The van der Waals surface area contributed by atoms with Crippen LogP contribution in [-0.4, -0.2) is 11.6 Å². The molecule has 1 aliphatic rings. The van der Waals surface area contributed by atoms with Crippen LogP contribution in [-0.2, 0) is 0 Å². The van der Waals surface area contributed by atoms with E-state index in [1.165, 1.54) is 10.8 Å². The molecule has 0 spiro atoms. The summed E-state index contributed by atoms with van der Waals surface area (Å²) in [6.07, 6.45) is 5.16. The summed E-state index contributed by atoms with van der Waals surface area (Å²) in [6, 6.07) is 14.5. The molecule has 2 nitrogen and oxygen atoms in total. The van der Waals surface area contributed by atoms with Gasteiger partial charge in [0.25, 0.3) is 0 Å². The van der Waals surface area contributed by atoms with E-state index < -0.39 is 0 Å². The van der Waals surface area contributed by atoms with Crippen LogP contribution in [0, 0.1) is 0 Å². The van der Waals surface area contributed by atoms with Gasteiger partial charge in [-0.15, -0.1) is 0 Å². The lowest BCUT2D eigenvalue weighted by molar-refractivity contribution is 0.00310. The van der Waals surface area contributed by atoms with Crippen molar-refractivity contribution in [3.63, 3.8) is 0 Å². The maximum atomic E-state index is 5.73. The Hall–Kier alpha value is -1.96.